The minimum Gasteiger partial charge on any atom is -0.495 e. The number of nitrogens with zero attached hydrogens (tertiary/aromatic N) is 1. The zero-order valence-corrected chi connectivity index (χ0v) is 20.9. The Labute approximate surface area is 212 Å². The van der Waals surface area contributed by atoms with E-state index in [0.717, 1.165) is 22.0 Å². The molecule has 180 valence electrons. The summed E-state index contributed by atoms with van der Waals surface area (Å²) in [6.07, 6.45) is 4.99. The summed E-state index contributed by atoms with van der Waals surface area (Å²) in [5.41, 5.74) is 3.51. The lowest BCUT2D eigenvalue weighted by molar-refractivity contribution is -0.385. The molecule has 0 unspecified atom stereocenters. The Balaban J connectivity index is 1.53. The van der Waals surface area contributed by atoms with E-state index in [0.29, 0.717) is 35.1 Å². The summed E-state index contributed by atoms with van der Waals surface area (Å²) in [5.74, 6) is 1.85. The third-order valence-corrected chi connectivity index (χ3v) is 7.30. The molecule has 1 N–H and O–H groups in total. The largest absolute Gasteiger partial charge is 0.495 e. The molecule has 0 saturated carbocycles. The Morgan fingerprint density at radius 2 is 1.86 bits per heavy atom. The van der Waals surface area contributed by atoms with Crippen LogP contribution in [0, 0.1) is 16.0 Å². The van der Waals surface area contributed by atoms with Gasteiger partial charge >= 0.3 is 0 Å². The molecular weight excluding hydrogens is 512 g/mol. The quantitative estimate of drug-likeness (QED) is 0.203. The highest BCUT2D eigenvalue weighted by molar-refractivity contribution is 9.10. The van der Waals surface area contributed by atoms with E-state index in [1.165, 1.54) is 6.07 Å². The van der Waals surface area contributed by atoms with Crippen LogP contribution in [-0.2, 0) is 6.61 Å². The summed E-state index contributed by atoms with van der Waals surface area (Å²) in [4.78, 5) is 11.5. The van der Waals surface area contributed by atoms with Gasteiger partial charge in [-0.3, -0.25) is 10.1 Å². The maximum absolute atomic E-state index is 11.8. The second-order valence-electron chi connectivity index (χ2n) is 8.62. The van der Waals surface area contributed by atoms with E-state index in [9.17, 15) is 10.1 Å². The fourth-order valence-electron chi connectivity index (χ4n) is 5.11. The van der Waals surface area contributed by atoms with Gasteiger partial charge < -0.3 is 19.5 Å². The van der Waals surface area contributed by atoms with Gasteiger partial charge in [0.25, 0.3) is 5.69 Å². The molecule has 1 aliphatic carbocycles. The maximum atomic E-state index is 11.8. The van der Waals surface area contributed by atoms with Crippen molar-refractivity contribution in [3.8, 4) is 17.2 Å². The number of nitrogens with one attached hydrogen (secondary N) is 1. The highest BCUT2D eigenvalue weighted by Gasteiger charge is 2.43. The van der Waals surface area contributed by atoms with Crippen LogP contribution in [0.15, 0.2) is 71.2 Å². The summed E-state index contributed by atoms with van der Waals surface area (Å²) in [6, 6.07) is 17.0. The normalized spacial score (nSPS) is 19.9. The molecule has 1 heterocycles. The van der Waals surface area contributed by atoms with E-state index in [4.69, 9.17) is 14.2 Å². The van der Waals surface area contributed by atoms with Crippen LogP contribution in [0.5, 0.6) is 17.2 Å². The van der Waals surface area contributed by atoms with E-state index in [2.05, 4.69) is 33.4 Å². The smallest absolute Gasteiger partial charge is 0.275 e. The molecule has 0 fully saturated rings. The van der Waals surface area contributed by atoms with Crippen LogP contribution < -0.4 is 19.5 Å². The van der Waals surface area contributed by atoms with Crippen molar-refractivity contribution in [2.45, 2.75) is 25.0 Å². The van der Waals surface area contributed by atoms with Crippen LogP contribution in [0.3, 0.4) is 0 Å². The third kappa shape index (κ3) is 4.23. The minimum absolute atomic E-state index is 0.0921. The fourth-order valence-corrected chi connectivity index (χ4v) is 5.69. The Hall–Kier alpha value is -3.52. The highest BCUT2D eigenvalue weighted by Crippen LogP contribution is 2.55. The highest BCUT2D eigenvalue weighted by atomic mass is 79.9. The second kappa shape index (κ2) is 9.62. The second-order valence-corrected chi connectivity index (χ2v) is 9.47. The van der Waals surface area contributed by atoms with Crippen LogP contribution in [-0.4, -0.2) is 19.1 Å². The number of anilines is 1. The molecule has 0 aromatic heterocycles. The van der Waals surface area contributed by atoms with E-state index in [1.807, 2.05) is 42.5 Å². The molecule has 0 spiro atoms. The molecule has 35 heavy (non-hydrogen) atoms. The molecular formula is C27H25BrN2O5. The zero-order chi connectivity index (χ0) is 24.5. The Kier molecular flexibility index (Phi) is 6.38. The lowest BCUT2D eigenvalue weighted by Crippen LogP contribution is -2.30. The van der Waals surface area contributed by atoms with Crippen molar-refractivity contribution >= 4 is 27.3 Å². The van der Waals surface area contributed by atoms with Crippen LogP contribution in [0.1, 0.15) is 35.1 Å². The lowest BCUT2D eigenvalue weighted by Gasteiger charge is -2.38. The Morgan fingerprint density at radius 1 is 1.09 bits per heavy atom. The molecule has 8 heteroatoms. The topological polar surface area (TPSA) is 82.9 Å². The molecule has 0 amide bonds. The Bertz CT molecular complexity index is 1290. The molecule has 3 aromatic carbocycles. The number of allylic oxidation sites excluding steroid dienone is 2. The van der Waals surface area contributed by atoms with E-state index >= 15 is 0 Å². The number of ether oxygens (including phenoxy) is 3. The number of hydrogen-bond donors (Lipinski definition) is 1. The van der Waals surface area contributed by atoms with Crippen LogP contribution in [0.25, 0.3) is 0 Å². The molecule has 1 aliphatic heterocycles. The molecule has 0 saturated heterocycles. The number of nitro benzene ring substituents is 1. The van der Waals surface area contributed by atoms with Crippen molar-refractivity contribution in [1.29, 1.82) is 0 Å². The number of hydrogen-bond acceptors (Lipinski definition) is 6. The summed E-state index contributed by atoms with van der Waals surface area (Å²) in [5, 5.41) is 15.4. The maximum Gasteiger partial charge on any atom is 0.275 e. The molecule has 3 atom stereocenters. The number of methoxy groups -OCH3 is 2. The fraction of sp³-hybridized carbons (Fsp3) is 0.259. The standard InChI is InChI=1S/C27H25BrN2O5/c1-33-22-12-11-21(30(31)32)24-18-9-6-10-19(18)25(29-26(22)24)17-13-20(28)27(23(14-17)34-2)35-15-16-7-4-3-5-8-16/h3-9,11-14,18-19,25,29H,10,15H2,1-2H3/t18-,19-,25+/m0/s1. The predicted octanol–water partition coefficient (Wildman–Crippen LogP) is 6.78. The molecule has 0 radical (unpaired) electrons. The summed E-state index contributed by atoms with van der Waals surface area (Å²) in [6.45, 7) is 0.416. The van der Waals surface area contributed by atoms with Crippen LogP contribution >= 0.6 is 15.9 Å². The van der Waals surface area contributed by atoms with Crippen molar-refractivity contribution in [3.05, 3.63) is 98.0 Å². The van der Waals surface area contributed by atoms with E-state index < -0.39 is 0 Å². The average molecular weight is 537 g/mol. The molecule has 0 bridgehead atoms. The number of halogens is 1. The number of benzene rings is 3. The van der Waals surface area contributed by atoms with Gasteiger partial charge in [-0.1, -0.05) is 42.5 Å². The first-order valence-electron chi connectivity index (χ1n) is 11.3. The first-order valence-corrected chi connectivity index (χ1v) is 12.1. The monoisotopic (exact) mass is 536 g/mol. The molecule has 3 aromatic rings. The number of nitro groups is 1. The summed E-state index contributed by atoms with van der Waals surface area (Å²) in [7, 11) is 3.20. The van der Waals surface area contributed by atoms with E-state index in [1.54, 1.807) is 20.3 Å². The SMILES string of the molecule is COc1ccc([N+](=O)[O-])c2c1N[C@H](c1cc(Br)c(OCc3ccccc3)c(OC)c1)[C@H]1CC=C[C@H]21. The van der Waals surface area contributed by atoms with Gasteiger partial charge in [0.2, 0.25) is 0 Å². The summed E-state index contributed by atoms with van der Waals surface area (Å²) < 4.78 is 18.2. The van der Waals surface area contributed by atoms with Gasteiger partial charge in [0.15, 0.2) is 11.5 Å². The van der Waals surface area contributed by atoms with Crippen LogP contribution in [0.4, 0.5) is 11.4 Å². The number of rotatable bonds is 7. The molecule has 5 rings (SSSR count). The van der Waals surface area contributed by atoms with Gasteiger partial charge in [0.1, 0.15) is 12.4 Å². The predicted molar refractivity (Wildman–Crippen MR) is 137 cm³/mol. The van der Waals surface area contributed by atoms with E-state index in [-0.39, 0.29) is 28.5 Å². The van der Waals surface area contributed by atoms with Crippen molar-refractivity contribution in [3.63, 3.8) is 0 Å². The van der Waals surface area contributed by atoms with Gasteiger partial charge in [-0.05, 0) is 57.6 Å². The zero-order valence-electron chi connectivity index (χ0n) is 19.4. The Morgan fingerprint density at radius 3 is 2.57 bits per heavy atom. The van der Waals surface area contributed by atoms with Crippen molar-refractivity contribution < 1.29 is 19.1 Å². The number of fused-ring (bicyclic) bond motifs is 3. The lowest BCUT2D eigenvalue weighted by atomic mass is 9.76. The van der Waals surface area contributed by atoms with Gasteiger partial charge in [0.05, 0.1) is 40.9 Å². The first-order chi connectivity index (χ1) is 17.0. The van der Waals surface area contributed by atoms with Crippen molar-refractivity contribution in [1.82, 2.24) is 0 Å². The average Bonchev–Trinajstić information content (AvgIpc) is 3.37. The van der Waals surface area contributed by atoms with Gasteiger partial charge in [0, 0.05) is 12.0 Å². The molecule has 7 nitrogen and oxygen atoms in total. The van der Waals surface area contributed by atoms with Crippen molar-refractivity contribution in [2.24, 2.45) is 5.92 Å². The summed E-state index contributed by atoms with van der Waals surface area (Å²) >= 11 is 3.68. The first kappa shape index (κ1) is 23.2. The van der Waals surface area contributed by atoms with Gasteiger partial charge in [-0.15, -0.1) is 0 Å². The van der Waals surface area contributed by atoms with Crippen LogP contribution in [0.2, 0.25) is 0 Å². The van der Waals surface area contributed by atoms with Crippen molar-refractivity contribution in [2.75, 3.05) is 19.5 Å². The van der Waals surface area contributed by atoms with Gasteiger partial charge in [-0.2, -0.15) is 0 Å². The minimum atomic E-state index is -0.317. The molecule has 2 aliphatic rings. The third-order valence-electron chi connectivity index (χ3n) is 6.71. The van der Waals surface area contributed by atoms with Gasteiger partial charge in [-0.25, -0.2) is 0 Å².